The average molecular weight is 298 g/mol. The van der Waals surface area contributed by atoms with Crippen LogP contribution in [0.25, 0.3) is 5.69 Å². The number of nitrogens with zero attached hydrogens (tertiary/aromatic N) is 3. The molecule has 0 bridgehead atoms. The van der Waals surface area contributed by atoms with Gasteiger partial charge in [-0.25, -0.2) is 4.98 Å². The van der Waals surface area contributed by atoms with Gasteiger partial charge < -0.3 is 9.88 Å². The Balaban J connectivity index is 1.68. The first-order valence-electron chi connectivity index (χ1n) is 8.01. The summed E-state index contributed by atoms with van der Waals surface area (Å²) in [6.45, 7) is 2.23. The maximum Gasteiger partial charge on any atom is 0.270 e. The third kappa shape index (κ3) is 3.35. The van der Waals surface area contributed by atoms with Crippen molar-refractivity contribution >= 4 is 5.91 Å². The van der Waals surface area contributed by atoms with Gasteiger partial charge >= 0.3 is 0 Å². The molecule has 1 N–H and O–H groups in total. The Morgan fingerprint density at radius 3 is 3.09 bits per heavy atom. The van der Waals surface area contributed by atoms with Crippen LogP contribution in [0, 0.1) is 5.92 Å². The lowest BCUT2D eigenvalue weighted by molar-refractivity contribution is 0.0914. The van der Waals surface area contributed by atoms with Gasteiger partial charge in [0.1, 0.15) is 5.69 Å². The number of imidazole rings is 1. The summed E-state index contributed by atoms with van der Waals surface area (Å²) >= 11 is 0. The predicted octanol–water partition coefficient (Wildman–Crippen LogP) is 2.97. The molecule has 2 unspecified atom stereocenters. The van der Waals surface area contributed by atoms with E-state index >= 15 is 0 Å². The van der Waals surface area contributed by atoms with E-state index in [0.717, 1.165) is 24.4 Å². The molecule has 1 fully saturated rings. The number of hydrogen-bond acceptors (Lipinski definition) is 3. The van der Waals surface area contributed by atoms with Crippen LogP contribution in [0.1, 0.15) is 49.5 Å². The molecule has 1 aliphatic rings. The molecule has 2 aromatic heterocycles. The van der Waals surface area contributed by atoms with Crippen LogP contribution in [0.4, 0.5) is 0 Å². The van der Waals surface area contributed by atoms with E-state index < -0.39 is 0 Å². The molecule has 0 aromatic carbocycles. The van der Waals surface area contributed by atoms with E-state index in [2.05, 4.69) is 22.2 Å². The summed E-state index contributed by atoms with van der Waals surface area (Å²) < 4.78 is 1.87. The van der Waals surface area contributed by atoms with E-state index in [4.69, 9.17) is 0 Å². The van der Waals surface area contributed by atoms with Crippen molar-refractivity contribution in [1.29, 1.82) is 0 Å². The standard InChI is InChI=1S/C17H22N4O/c1-2-13-4-3-5-14(10-13)20-17(22)16-11-15(6-7-19-16)21-9-8-18-12-21/h6-9,11-14H,2-5,10H2,1H3,(H,20,22). The van der Waals surface area contributed by atoms with Crippen LogP contribution in [0.2, 0.25) is 0 Å². The molecule has 1 amide bonds. The number of pyridine rings is 1. The van der Waals surface area contributed by atoms with E-state index in [9.17, 15) is 4.79 Å². The minimum absolute atomic E-state index is 0.0799. The van der Waals surface area contributed by atoms with Gasteiger partial charge in [0.15, 0.2) is 0 Å². The fourth-order valence-electron chi connectivity index (χ4n) is 3.17. The summed E-state index contributed by atoms with van der Waals surface area (Å²) in [5.74, 6) is 0.660. The SMILES string of the molecule is CCC1CCCC(NC(=O)c2cc(-n3ccnc3)ccn2)C1. The lowest BCUT2D eigenvalue weighted by atomic mass is 9.84. The highest BCUT2D eigenvalue weighted by Crippen LogP contribution is 2.26. The van der Waals surface area contributed by atoms with Crippen molar-refractivity contribution in [3.05, 3.63) is 42.7 Å². The van der Waals surface area contributed by atoms with Crippen LogP contribution < -0.4 is 5.32 Å². The monoisotopic (exact) mass is 298 g/mol. The first kappa shape index (κ1) is 14.8. The number of amides is 1. The van der Waals surface area contributed by atoms with E-state index in [0.29, 0.717) is 5.69 Å². The summed E-state index contributed by atoms with van der Waals surface area (Å²) in [7, 11) is 0. The Bertz CT molecular complexity index is 623. The molecule has 2 heterocycles. The highest BCUT2D eigenvalue weighted by atomic mass is 16.1. The number of aromatic nitrogens is 3. The largest absolute Gasteiger partial charge is 0.348 e. The van der Waals surface area contributed by atoms with Crippen molar-refractivity contribution in [2.75, 3.05) is 0 Å². The lowest BCUT2D eigenvalue weighted by Gasteiger charge is -2.29. The molecule has 116 valence electrons. The zero-order chi connectivity index (χ0) is 15.4. The first-order valence-corrected chi connectivity index (χ1v) is 8.01. The molecule has 3 rings (SSSR count). The smallest absolute Gasteiger partial charge is 0.270 e. The van der Waals surface area contributed by atoms with Crippen molar-refractivity contribution in [3.8, 4) is 5.69 Å². The average Bonchev–Trinajstić information content (AvgIpc) is 3.09. The zero-order valence-electron chi connectivity index (χ0n) is 12.9. The molecule has 1 aliphatic carbocycles. The Morgan fingerprint density at radius 2 is 2.32 bits per heavy atom. The first-order chi connectivity index (χ1) is 10.8. The molecule has 0 aliphatic heterocycles. The van der Waals surface area contributed by atoms with Gasteiger partial charge in [0, 0.05) is 24.6 Å². The molecule has 0 saturated heterocycles. The summed E-state index contributed by atoms with van der Waals surface area (Å²) in [5, 5.41) is 3.15. The molecule has 2 aromatic rings. The van der Waals surface area contributed by atoms with Crippen LogP contribution >= 0.6 is 0 Å². The second kappa shape index (κ2) is 6.73. The van der Waals surface area contributed by atoms with E-state index in [1.54, 1.807) is 24.8 Å². The Labute approximate surface area is 130 Å². The summed E-state index contributed by atoms with van der Waals surface area (Å²) in [6.07, 6.45) is 12.8. The summed E-state index contributed by atoms with van der Waals surface area (Å²) in [5.41, 5.74) is 1.36. The summed E-state index contributed by atoms with van der Waals surface area (Å²) in [6, 6.07) is 3.95. The Morgan fingerprint density at radius 1 is 1.41 bits per heavy atom. The van der Waals surface area contributed by atoms with E-state index in [-0.39, 0.29) is 11.9 Å². The van der Waals surface area contributed by atoms with E-state index in [1.165, 1.54) is 19.3 Å². The van der Waals surface area contributed by atoms with Crippen molar-refractivity contribution in [3.63, 3.8) is 0 Å². The fourth-order valence-corrected chi connectivity index (χ4v) is 3.17. The van der Waals surface area contributed by atoms with Crippen LogP contribution in [-0.2, 0) is 0 Å². The van der Waals surface area contributed by atoms with Crippen LogP contribution in [0.15, 0.2) is 37.1 Å². The number of carbonyl (C=O) groups is 1. The molecule has 5 heteroatoms. The van der Waals surface area contributed by atoms with Crippen molar-refractivity contribution < 1.29 is 4.79 Å². The highest BCUT2D eigenvalue weighted by Gasteiger charge is 2.22. The van der Waals surface area contributed by atoms with Gasteiger partial charge in [-0.05, 0) is 30.9 Å². The number of nitrogens with one attached hydrogen (secondary N) is 1. The molecule has 2 atom stereocenters. The van der Waals surface area contributed by atoms with Gasteiger partial charge in [-0.3, -0.25) is 9.78 Å². The second-order valence-corrected chi connectivity index (χ2v) is 5.98. The quantitative estimate of drug-likeness (QED) is 0.944. The molecule has 1 saturated carbocycles. The van der Waals surface area contributed by atoms with Gasteiger partial charge in [0.2, 0.25) is 0 Å². The van der Waals surface area contributed by atoms with Gasteiger partial charge in [0.05, 0.1) is 12.0 Å². The normalized spacial score (nSPS) is 21.5. The molecule has 5 nitrogen and oxygen atoms in total. The van der Waals surface area contributed by atoms with Gasteiger partial charge in [-0.1, -0.05) is 26.2 Å². The van der Waals surface area contributed by atoms with Gasteiger partial charge in [-0.2, -0.15) is 0 Å². The topological polar surface area (TPSA) is 59.8 Å². The predicted molar refractivity (Wildman–Crippen MR) is 84.9 cm³/mol. The minimum atomic E-state index is -0.0799. The van der Waals surface area contributed by atoms with Gasteiger partial charge in [-0.15, -0.1) is 0 Å². The molecular formula is C17H22N4O. The number of carbonyl (C=O) groups excluding carboxylic acids is 1. The maximum atomic E-state index is 12.4. The highest BCUT2D eigenvalue weighted by molar-refractivity contribution is 5.92. The Hall–Kier alpha value is -2.17. The molecular weight excluding hydrogens is 276 g/mol. The van der Waals surface area contributed by atoms with E-state index in [1.807, 2.05) is 16.8 Å². The third-order valence-electron chi connectivity index (χ3n) is 4.47. The fraction of sp³-hybridized carbons (Fsp3) is 0.471. The van der Waals surface area contributed by atoms with Crippen LogP contribution in [0.3, 0.4) is 0 Å². The maximum absolute atomic E-state index is 12.4. The summed E-state index contributed by atoms with van der Waals surface area (Å²) in [4.78, 5) is 20.7. The second-order valence-electron chi connectivity index (χ2n) is 5.98. The van der Waals surface area contributed by atoms with Gasteiger partial charge in [0.25, 0.3) is 5.91 Å². The van der Waals surface area contributed by atoms with Crippen molar-refractivity contribution in [2.24, 2.45) is 5.92 Å². The third-order valence-corrected chi connectivity index (χ3v) is 4.47. The van der Waals surface area contributed by atoms with Crippen molar-refractivity contribution in [1.82, 2.24) is 19.9 Å². The lowest BCUT2D eigenvalue weighted by Crippen LogP contribution is -2.38. The molecule has 0 radical (unpaired) electrons. The van der Waals surface area contributed by atoms with Crippen molar-refractivity contribution in [2.45, 2.75) is 45.1 Å². The Kier molecular flexibility index (Phi) is 4.51. The van der Waals surface area contributed by atoms with Crippen LogP contribution in [0.5, 0.6) is 0 Å². The minimum Gasteiger partial charge on any atom is -0.348 e. The number of hydrogen-bond donors (Lipinski definition) is 1. The van der Waals surface area contributed by atoms with Crippen LogP contribution in [-0.4, -0.2) is 26.5 Å². The zero-order valence-corrected chi connectivity index (χ0v) is 12.9. The molecule has 22 heavy (non-hydrogen) atoms. The number of rotatable bonds is 4. The molecule has 0 spiro atoms.